The zero-order valence-corrected chi connectivity index (χ0v) is 20.8. The Hall–Kier alpha value is -4.25. The summed E-state index contributed by atoms with van der Waals surface area (Å²) in [5.74, 6) is 0.496. The number of nitrogens with zero attached hydrogens (tertiary/aromatic N) is 3. The molecule has 0 fully saturated rings. The van der Waals surface area contributed by atoms with Crippen LogP contribution in [-0.4, -0.2) is 26.9 Å². The van der Waals surface area contributed by atoms with Gasteiger partial charge in [-0.15, -0.1) is 0 Å². The monoisotopic (exact) mass is 475 g/mol. The highest BCUT2D eigenvalue weighted by atomic mass is 16.2. The third-order valence-electron chi connectivity index (χ3n) is 6.72. The Morgan fingerprint density at radius 2 is 1.64 bits per heavy atom. The quantitative estimate of drug-likeness (QED) is 0.283. The van der Waals surface area contributed by atoms with Crippen LogP contribution in [0.3, 0.4) is 0 Å². The number of fused-ring (bicyclic) bond motifs is 2. The van der Waals surface area contributed by atoms with E-state index < -0.39 is 0 Å². The van der Waals surface area contributed by atoms with Crippen molar-refractivity contribution in [1.82, 2.24) is 14.5 Å². The van der Waals surface area contributed by atoms with E-state index in [-0.39, 0.29) is 17.5 Å². The van der Waals surface area contributed by atoms with Crippen molar-refractivity contribution in [3.05, 3.63) is 118 Å². The molecule has 0 aliphatic heterocycles. The van der Waals surface area contributed by atoms with E-state index in [1.54, 1.807) is 10.6 Å². The first-order valence-corrected chi connectivity index (χ1v) is 12.4. The second-order valence-corrected chi connectivity index (χ2v) is 9.04. The number of para-hydroxylation sites is 1. The molecule has 5 rings (SSSR count). The van der Waals surface area contributed by atoms with Crippen LogP contribution < -0.4 is 5.56 Å². The summed E-state index contributed by atoms with van der Waals surface area (Å²) in [6, 6.07) is 28.7. The Labute approximate surface area is 210 Å². The van der Waals surface area contributed by atoms with Crippen molar-refractivity contribution in [1.29, 1.82) is 0 Å². The highest BCUT2D eigenvalue weighted by Crippen LogP contribution is 2.28. The normalized spacial score (nSPS) is 12.1. The number of aryl methyl sites for hydroxylation is 1. The van der Waals surface area contributed by atoms with Gasteiger partial charge < -0.3 is 4.90 Å². The van der Waals surface area contributed by atoms with Gasteiger partial charge in [0, 0.05) is 12.1 Å². The molecule has 1 aromatic heterocycles. The molecular formula is C31H29N3O2. The molecular weight excluding hydrogens is 446 g/mol. The Balaban J connectivity index is 1.68. The maximum absolute atomic E-state index is 13.9. The molecule has 0 aliphatic carbocycles. The Bertz CT molecular complexity index is 1640. The Morgan fingerprint density at radius 3 is 2.39 bits per heavy atom. The predicted octanol–water partition coefficient (Wildman–Crippen LogP) is 6.46. The number of benzene rings is 4. The molecule has 1 atom stereocenters. The minimum absolute atomic E-state index is 0.0756. The molecule has 0 radical (unpaired) electrons. The van der Waals surface area contributed by atoms with Crippen LogP contribution in [-0.2, 0) is 0 Å². The van der Waals surface area contributed by atoms with Gasteiger partial charge >= 0.3 is 0 Å². The molecule has 0 saturated carbocycles. The van der Waals surface area contributed by atoms with Gasteiger partial charge in [-0.1, -0.05) is 61.5 Å². The van der Waals surface area contributed by atoms with Gasteiger partial charge in [0.1, 0.15) is 5.82 Å². The standard InChI is InChI=1S/C31H29N3O2/c1-4-28(33(5-2)30(35)24-18-17-22-12-6-7-13-23(22)20-24)29-32-27-16-9-8-15-26(27)31(36)34(29)25-14-10-11-21(3)19-25/h6-20,28H,4-5H2,1-3H3. The van der Waals surface area contributed by atoms with E-state index in [0.717, 1.165) is 22.0 Å². The number of hydrogen-bond donors (Lipinski definition) is 0. The molecule has 0 saturated heterocycles. The van der Waals surface area contributed by atoms with Gasteiger partial charge in [0.2, 0.25) is 0 Å². The van der Waals surface area contributed by atoms with Gasteiger partial charge in [0.05, 0.1) is 22.6 Å². The van der Waals surface area contributed by atoms with Crippen LogP contribution in [0, 0.1) is 6.92 Å². The fraction of sp³-hybridized carbons (Fsp3) is 0.194. The van der Waals surface area contributed by atoms with Crippen molar-refractivity contribution < 1.29 is 4.79 Å². The van der Waals surface area contributed by atoms with Crippen LogP contribution in [0.2, 0.25) is 0 Å². The summed E-state index contributed by atoms with van der Waals surface area (Å²) in [5, 5.41) is 2.67. The smallest absolute Gasteiger partial charge is 0.266 e. The number of aromatic nitrogens is 2. The molecule has 0 spiro atoms. The third kappa shape index (κ3) is 4.17. The van der Waals surface area contributed by atoms with Crippen LogP contribution in [0.15, 0.2) is 95.8 Å². The number of carbonyl (C=O) groups is 1. The first-order chi connectivity index (χ1) is 17.5. The van der Waals surface area contributed by atoms with Crippen LogP contribution >= 0.6 is 0 Å². The lowest BCUT2D eigenvalue weighted by Crippen LogP contribution is -2.38. The van der Waals surface area contributed by atoms with E-state index in [1.165, 1.54) is 0 Å². The van der Waals surface area contributed by atoms with Gasteiger partial charge in [0.25, 0.3) is 11.5 Å². The van der Waals surface area contributed by atoms with E-state index in [4.69, 9.17) is 4.98 Å². The fourth-order valence-electron chi connectivity index (χ4n) is 4.93. The summed E-state index contributed by atoms with van der Waals surface area (Å²) in [6.45, 7) is 6.49. The van der Waals surface area contributed by atoms with Gasteiger partial charge in [-0.3, -0.25) is 14.2 Å². The fourth-order valence-corrected chi connectivity index (χ4v) is 4.93. The molecule has 0 bridgehead atoms. The zero-order chi connectivity index (χ0) is 25.2. The summed E-state index contributed by atoms with van der Waals surface area (Å²) in [4.78, 5) is 34.5. The minimum atomic E-state index is -0.383. The highest BCUT2D eigenvalue weighted by Gasteiger charge is 2.29. The largest absolute Gasteiger partial charge is 0.329 e. The van der Waals surface area contributed by atoms with Gasteiger partial charge in [-0.25, -0.2) is 4.98 Å². The Kier molecular flexibility index (Phi) is 6.38. The molecule has 36 heavy (non-hydrogen) atoms. The average Bonchev–Trinajstić information content (AvgIpc) is 2.91. The van der Waals surface area contributed by atoms with Crippen molar-refractivity contribution in [2.75, 3.05) is 6.54 Å². The summed E-state index contributed by atoms with van der Waals surface area (Å²) in [7, 11) is 0. The van der Waals surface area contributed by atoms with Crippen molar-refractivity contribution in [3.8, 4) is 5.69 Å². The topological polar surface area (TPSA) is 55.2 Å². The van der Waals surface area contributed by atoms with Crippen molar-refractivity contribution in [2.24, 2.45) is 0 Å². The molecule has 4 aromatic carbocycles. The number of carbonyl (C=O) groups excluding carboxylic acids is 1. The van der Waals surface area contributed by atoms with E-state index in [1.807, 2.05) is 111 Å². The van der Waals surface area contributed by atoms with E-state index >= 15 is 0 Å². The molecule has 5 aromatic rings. The SMILES string of the molecule is CCC(c1nc2ccccc2c(=O)n1-c1cccc(C)c1)N(CC)C(=O)c1ccc2ccccc2c1. The van der Waals surface area contributed by atoms with Crippen LogP contribution in [0.25, 0.3) is 27.4 Å². The number of hydrogen-bond acceptors (Lipinski definition) is 3. The van der Waals surface area contributed by atoms with E-state index in [2.05, 4.69) is 0 Å². The molecule has 5 heteroatoms. The molecule has 5 nitrogen and oxygen atoms in total. The number of amides is 1. The molecule has 1 amide bonds. The molecule has 1 unspecified atom stereocenters. The predicted molar refractivity (Wildman–Crippen MR) is 146 cm³/mol. The molecule has 0 aliphatic rings. The van der Waals surface area contributed by atoms with Crippen LogP contribution in [0.4, 0.5) is 0 Å². The lowest BCUT2D eigenvalue weighted by molar-refractivity contribution is 0.0672. The second kappa shape index (κ2) is 9.78. The van der Waals surface area contributed by atoms with Crippen molar-refractivity contribution in [2.45, 2.75) is 33.2 Å². The third-order valence-corrected chi connectivity index (χ3v) is 6.72. The van der Waals surface area contributed by atoms with Gasteiger partial charge in [-0.05, 0) is 73.0 Å². The Morgan fingerprint density at radius 1 is 0.889 bits per heavy atom. The van der Waals surface area contributed by atoms with Gasteiger partial charge in [0.15, 0.2) is 0 Å². The molecule has 1 heterocycles. The maximum atomic E-state index is 13.9. The van der Waals surface area contributed by atoms with E-state index in [9.17, 15) is 9.59 Å². The number of rotatable bonds is 6. The van der Waals surface area contributed by atoms with Gasteiger partial charge in [-0.2, -0.15) is 0 Å². The second-order valence-electron chi connectivity index (χ2n) is 9.04. The van der Waals surface area contributed by atoms with Crippen LogP contribution in [0.5, 0.6) is 0 Å². The average molecular weight is 476 g/mol. The molecule has 180 valence electrons. The lowest BCUT2D eigenvalue weighted by atomic mass is 10.0. The summed E-state index contributed by atoms with van der Waals surface area (Å²) < 4.78 is 1.68. The van der Waals surface area contributed by atoms with Crippen molar-refractivity contribution in [3.63, 3.8) is 0 Å². The summed E-state index contributed by atoms with van der Waals surface area (Å²) in [5.41, 5.74) is 2.93. The first-order valence-electron chi connectivity index (χ1n) is 12.4. The maximum Gasteiger partial charge on any atom is 0.266 e. The highest BCUT2D eigenvalue weighted by molar-refractivity contribution is 5.98. The van der Waals surface area contributed by atoms with Crippen molar-refractivity contribution >= 4 is 27.6 Å². The zero-order valence-electron chi connectivity index (χ0n) is 20.8. The molecule has 0 N–H and O–H groups in total. The first kappa shape index (κ1) is 23.5. The summed E-state index contributed by atoms with van der Waals surface area (Å²) in [6.07, 6.45) is 0.615. The minimum Gasteiger partial charge on any atom is -0.329 e. The van der Waals surface area contributed by atoms with Crippen LogP contribution in [0.1, 0.15) is 48.1 Å². The summed E-state index contributed by atoms with van der Waals surface area (Å²) >= 11 is 0. The van der Waals surface area contributed by atoms with E-state index in [0.29, 0.717) is 35.3 Å². The lowest BCUT2D eigenvalue weighted by Gasteiger charge is -2.31.